The first kappa shape index (κ1) is 15.5. The summed E-state index contributed by atoms with van der Waals surface area (Å²) in [4.78, 5) is 1.34. The molecular formula is C17H25NOS. The lowest BCUT2D eigenvalue weighted by Crippen LogP contribution is -2.34. The van der Waals surface area contributed by atoms with Crippen molar-refractivity contribution in [2.75, 3.05) is 18.9 Å². The van der Waals surface area contributed by atoms with E-state index in [1.54, 1.807) is 0 Å². The zero-order valence-electron chi connectivity index (χ0n) is 12.5. The maximum Gasteiger partial charge on any atom is 0.0876 e. The Hall–Kier alpha value is -0.930. The van der Waals surface area contributed by atoms with E-state index in [9.17, 15) is 0 Å². The molecule has 3 heteroatoms. The normalized spacial score (nSPS) is 16.4. The van der Waals surface area contributed by atoms with Crippen LogP contribution in [0.3, 0.4) is 0 Å². The number of ether oxygens (including phenoxy) is 1. The first-order chi connectivity index (χ1) is 9.79. The van der Waals surface area contributed by atoms with Crippen LogP contribution in [0, 0.1) is 6.92 Å². The molecule has 0 fully saturated rings. The Bertz CT molecular complexity index is 427. The number of benzene rings is 1. The molecule has 110 valence electrons. The van der Waals surface area contributed by atoms with Gasteiger partial charge < -0.3 is 10.1 Å². The van der Waals surface area contributed by atoms with Crippen molar-refractivity contribution in [1.29, 1.82) is 0 Å². The largest absolute Gasteiger partial charge is 0.501 e. The first-order valence-corrected chi connectivity index (χ1v) is 8.51. The van der Waals surface area contributed by atoms with Gasteiger partial charge in [0.15, 0.2) is 0 Å². The molecule has 1 aliphatic rings. The number of hydrogen-bond acceptors (Lipinski definition) is 3. The van der Waals surface area contributed by atoms with Crippen LogP contribution in [0.2, 0.25) is 0 Å². The van der Waals surface area contributed by atoms with E-state index in [-0.39, 0.29) is 0 Å². The van der Waals surface area contributed by atoms with Crippen molar-refractivity contribution in [1.82, 2.24) is 5.32 Å². The quantitative estimate of drug-likeness (QED) is 0.763. The van der Waals surface area contributed by atoms with E-state index in [1.165, 1.54) is 22.5 Å². The molecule has 0 radical (unpaired) electrons. The fourth-order valence-corrected chi connectivity index (χ4v) is 3.29. The second kappa shape index (κ2) is 8.38. The van der Waals surface area contributed by atoms with Crippen LogP contribution in [0.25, 0.3) is 0 Å². The number of thioether (sulfide) groups is 1. The molecule has 0 saturated heterocycles. The highest BCUT2D eigenvalue weighted by Gasteiger charge is 2.16. The van der Waals surface area contributed by atoms with Crippen molar-refractivity contribution in [2.24, 2.45) is 0 Å². The summed E-state index contributed by atoms with van der Waals surface area (Å²) in [6.07, 6.45) is 5.45. The Labute approximate surface area is 127 Å². The highest BCUT2D eigenvalue weighted by Crippen LogP contribution is 2.24. The molecule has 20 heavy (non-hydrogen) atoms. The van der Waals surface area contributed by atoms with Crippen molar-refractivity contribution in [3.63, 3.8) is 0 Å². The molecule has 0 bridgehead atoms. The third-order valence-electron chi connectivity index (χ3n) is 3.49. The molecule has 0 aliphatic carbocycles. The first-order valence-electron chi connectivity index (χ1n) is 7.53. The van der Waals surface area contributed by atoms with Crippen molar-refractivity contribution >= 4 is 11.8 Å². The van der Waals surface area contributed by atoms with E-state index in [0.717, 1.165) is 31.7 Å². The topological polar surface area (TPSA) is 21.3 Å². The number of aryl methyl sites for hydroxylation is 1. The van der Waals surface area contributed by atoms with E-state index < -0.39 is 0 Å². The SMILES string of the molecule is CCCNC(CSc1ccc(C)cc1)C1=COCCC1. The highest BCUT2D eigenvalue weighted by atomic mass is 32.2. The molecule has 0 saturated carbocycles. The van der Waals surface area contributed by atoms with E-state index in [0.29, 0.717) is 6.04 Å². The van der Waals surface area contributed by atoms with Crippen molar-refractivity contribution < 1.29 is 4.74 Å². The minimum atomic E-state index is 0.432. The van der Waals surface area contributed by atoms with Gasteiger partial charge in [-0.05, 0) is 50.4 Å². The zero-order valence-corrected chi connectivity index (χ0v) is 13.3. The Morgan fingerprint density at radius 3 is 2.75 bits per heavy atom. The summed E-state index contributed by atoms with van der Waals surface area (Å²) in [5, 5.41) is 3.65. The summed E-state index contributed by atoms with van der Waals surface area (Å²) in [5.41, 5.74) is 2.74. The van der Waals surface area contributed by atoms with Crippen LogP contribution in [0.4, 0.5) is 0 Å². The van der Waals surface area contributed by atoms with E-state index in [4.69, 9.17) is 4.74 Å². The maximum atomic E-state index is 5.50. The van der Waals surface area contributed by atoms with E-state index in [2.05, 4.69) is 43.4 Å². The van der Waals surface area contributed by atoms with Gasteiger partial charge in [0.25, 0.3) is 0 Å². The minimum absolute atomic E-state index is 0.432. The van der Waals surface area contributed by atoms with Crippen molar-refractivity contribution in [3.05, 3.63) is 41.7 Å². The Morgan fingerprint density at radius 2 is 2.10 bits per heavy atom. The molecular weight excluding hydrogens is 266 g/mol. The fourth-order valence-electron chi connectivity index (χ4n) is 2.27. The Kier molecular flexibility index (Phi) is 6.48. The Balaban J connectivity index is 1.92. The summed E-state index contributed by atoms with van der Waals surface area (Å²) < 4.78 is 5.50. The van der Waals surface area contributed by atoms with Crippen LogP contribution in [-0.2, 0) is 4.74 Å². The van der Waals surface area contributed by atoms with Crippen molar-refractivity contribution in [3.8, 4) is 0 Å². The molecule has 2 rings (SSSR count). The molecule has 1 aliphatic heterocycles. The predicted molar refractivity (Wildman–Crippen MR) is 87.3 cm³/mol. The molecule has 0 amide bonds. The predicted octanol–water partition coefficient (Wildman–Crippen LogP) is 4.15. The summed E-state index contributed by atoms with van der Waals surface area (Å²) in [6.45, 7) is 6.28. The van der Waals surface area contributed by atoms with Gasteiger partial charge in [-0.25, -0.2) is 0 Å². The molecule has 1 N–H and O–H groups in total. The van der Waals surface area contributed by atoms with Gasteiger partial charge in [-0.3, -0.25) is 0 Å². The Morgan fingerprint density at radius 1 is 1.30 bits per heavy atom. The molecule has 0 aromatic heterocycles. The van der Waals surface area contributed by atoms with Gasteiger partial charge in [0, 0.05) is 16.7 Å². The summed E-state index contributed by atoms with van der Waals surface area (Å²) in [5.74, 6) is 1.07. The average molecular weight is 291 g/mol. The summed E-state index contributed by atoms with van der Waals surface area (Å²) in [7, 11) is 0. The number of nitrogens with one attached hydrogen (secondary N) is 1. The summed E-state index contributed by atoms with van der Waals surface area (Å²) >= 11 is 1.92. The second-order valence-corrected chi connectivity index (χ2v) is 6.39. The van der Waals surface area contributed by atoms with Crippen LogP contribution in [-0.4, -0.2) is 24.9 Å². The van der Waals surface area contributed by atoms with E-state index in [1.807, 2.05) is 18.0 Å². The lowest BCUT2D eigenvalue weighted by molar-refractivity contribution is 0.220. The third kappa shape index (κ3) is 4.88. The zero-order chi connectivity index (χ0) is 14.2. The van der Waals surface area contributed by atoms with Gasteiger partial charge in [0.2, 0.25) is 0 Å². The summed E-state index contributed by atoms with van der Waals surface area (Å²) in [6, 6.07) is 9.21. The molecule has 0 spiro atoms. The average Bonchev–Trinajstić information content (AvgIpc) is 2.50. The maximum absolute atomic E-state index is 5.50. The van der Waals surface area contributed by atoms with Crippen LogP contribution < -0.4 is 5.32 Å². The third-order valence-corrected chi connectivity index (χ3v) is 4.59. The fraction of sp³-hybridized carbons (Fsp3) is 0.529. The molecule has 1 unspecified atom stereocenters. The van der Waals surface area contributed by atoms with Gasteiger partial charge >= 0.3 is 0 Å². The molecule has 1 atom stereocenters. The van der Waals surface area contributed by atoms with Gasteiger partial charge in [-0.2, -0.15) is 0 Å². The lowest BCUT2D eigenvalue weighted by Gasteiger charge is -2.24. The molecule has 1 aromatic carbocycles. The number of rotatable bonds is 7. The molecule has 2 nitrogen and oxygen atoms in total. The smallest absolute Gasteiger partial charge is 0.0876 e. The van der Waals surface area contributed by atoms with Crippen molar-refractivity contribution in [2.45, 2.75) is 44.0 Å². The van der Waals surface area contributed by atoms with Crippen LogP contribution in [0.5, 0.6) is 0 Å². The molecule has 1 heterocycles. The standard InChI is InChI=1S/C17H25NOS/c1-3-10-18-17(15-5-4-11-19-12-15)13-20-16-8-6-14(2)7-9-16/h6-9,12,17-18H,3-5,10-11,13H2,1-2H3. The minimum Gasteiger partial charge on any atom is -0.501 e. The monoisotopic (exact) mass is 291 g/mol. The lowest BCUT2D eigenvalue weighted by atomic mass is 10.0. The van der Waals surface area contributed by atoms with Crippen LogP contribution in [0.15, 0.2) is 41.0 Å². The van der Waals surface area contributed by atoms with Gasteiger partial charge in [0.1, 0.15) is 0 Å². The van der Waals surface area contributed by atoms with Gasteiger partial charge in [-0.15, -0.1) is 11.8 Å². The number of hydrogen-bond donors (Lipinski definition) is 1. The highest BCUT2D eigenvalue weighted by molar-refractivity contribution is 7.99. The van der Waals surface area contributed by atoms with Gasteiger partial charge in [0.05, 0.1) is 12.9 Å². The van der Waals surface area contributed by atoms with Gasteiger partial charge in [-0.1, -0.05) is 24.6 Å². The van der Waals surface area contributed by atoms with Crippen LogP contribution in [0.1, 0.15) is 31.7 Å². The molecule has 1 aromatic rings. The second-order valence-electron chi connectivity index (χ2n) is 5.30. The van der Waals surface area contributed by atoms with Crippen LogP contribution >= 0.6 is 11.8 Å². The van der Waals surface area contributed by atoms with E-state index >= 15 is 0 Å².